The van der Waals surface area contributed by atoms with Crippen molar-refractivity contribution < 1.29 is 35.8 Å². The van der Waals surface area contributed by atoms with Crippen LogP contribution in [0.15, 0.2) is 35.2 Å². The molecule has 0 bridgehead atoms. The maximum Gasteiger partial charge on any atom is 0.417 e. The van der Waals surface area contributed by atoms with Gasteiger partial charge in [0.1, 0.15) is 16.7 Å². The minimum atomic E-state index is -4.95. The van der Waals surface area contributed by atoms with E-state index in [4.69, 9.17) is 25.8 Å². The fourth-order valence-electron chi connectivity index (χ4n) is 3.34. The summed E-state index contributed by atoms with van der Waals surface area (Å²) in [6, 6.07) is 5.44. The van der Waals surface area contributed by atoms with E-state index in [0.717, 1.165) is 26.1 Å². The first-order valence-electron chi connectivity index (χ1n) is 9.45. The van der Waals surface area contributed by atoms with Crippen molar-refractivity contribution in [3.05, 3.63) is 40.9 Å². The zero-order valence-electron chi connectivity index (χ0n) is 17.5. The lowest BCUT2D eigenvalue weighted by Crippen LogP contribution is -2.22. The van der Waals surface area contributed by atoms with E-state index in [9.17, 15) is 21.6 Å². The summed E-state index contributed by atoms with van der Waals surface area (Å²) in [5.41, 5.74) is -1.39. The molecule has 1 aliphatic heterocycles. The monoisotopic (exact) mass is 494 g/mol. The number of anilines is 1. The lowest BCUT2D eigenvalue weighted by molar-refractivity contribution is -0.140. The highest BCUT2D eigenvalue weighted by molar-refractivity contribution is 7.92. The van der Waals surface area contributed by atoms with Gasteiger partial charge < -0.3 is 19.1 Å². The van der Waals surface area contributed by atoms with Crippen LogP contribution in [-0.4, -0.2) is 53.8 Å². The fraction of sp³-hybridized carbons (Fsp3) is 0.400. The minimum absolute atomic E-state index is 0.00124. The van der Waals surface area contributed by atoms with Crippen molar-refractivity contribution in [2.45, 2.75) is 23.6 Å². The highest BCUT2D eigenvalue weighted by Crippen LogP contribution is 2.41. The van der Waals surface area contributed by atoms with Gasteiger partial charge in [-0.2, -0.15) is 13.2 Å². The lowest BCUT2D eigenvalue weighted by Gasteiger charge is -2.19. The van der Waals surface area contributed by atoms with Crippen LogP contribution in [0.4, 0.5) is 18.9 Å². The summed E-state index contributed by atoms with van der Waals surface area (Å²) >= 11 is 6.16. The number of alkyl halides is 3. The normalized spacial score (nSPS) is 17.3. The van der Waals surface area contributed by atoms with E-state index in [1.807, 2.05) is 7.05 Å². The molecule has 0 saturated carbocycles. The average Bonchev–Trinajstić information content (AvgIpc) is 3.13. The molecular formula is C20H22ClF3N2O5S. The lowest BCUT2D eigenvalue weighted by atomic mass is 10.2. The summed E-state index contributed by atoms with van der Waals surface area (Å²) in [6.45, 7) is 1.51. The van der Waals surface area contributed by atoms with Gasteiger partial charge in [0.25, 0.3) is 10.0 Å². The first kappa shape index (κ1) is 24.3. The Morgan fingerprint density at radius 1 is 1.09 bits per heavy atom. The average molecular weight is 495 g/mol. The molecule has 0 aliphatic carbocycles. The Bertz CT molecular complexity index is 1100. The fourth-order valence-corrected chi connectivity index (χ4v) is 4.78. The molecule has 1 fully saturated rings. The molecule has 0 aromatic heterocycles. The highest BCUT2D eigenvalue weighted by atomic mass is 35.5. The third-order valence-electron chi connectivity index (χ3n) is 4.91. The first-order valence-corrected chi connectivity index (χ1v) is 11.3. The number of methoxy groups -OCH3 is 2. The zero-order chi connectivity index (χ0) is 23.7. The van der Waals surface area contributed by atoms with Crippen LogP contribution in [0.2, 0.25) is 5.02 Å². The summed E-state index contributed by atoms with van der Waals surface area (Å²) in [7, 11) is -0.374. The highest BCUT2D eigenvalue weighted by Gasteiger charge is 2.39. The number of halogens is 4. The third kappa shape index (κ3) is 5.33. The molecule has 0 spiro atoms. The second-order valence-corrected chi connectivity index (χ2v) is 9.30. The number of nitrogens with zero attached hydrogens (tertiary/aromatic N) is 1. The van der Waals surface area contributed by atoms with Crippen LogP contribution < -0.4 is 18.9 Å². The molecule has 32 heavy (non-hydrogen) atoms. The number of hydrogen-bond donors (Lipinski definition) is 1. The number of rotatable bonds is 7. The largest absolute Gasteiger partial charge is 0.493 e. The number of benzene rings is 2. The molecule has 2 aromatic rings. The second kappa shape index (κ2) is 9.24. The molecular weight excluding hydrogens is 473 g/mol. The van der Waals surface area contributed by atoms with Crippen LogP contribution >= 0.6 is 11.6 Å². The van der Waals surface area contributed by atoms with Crippen molar-refractivity contribution >= 4 is 27.3 Å². The van der Waals surface area contributed by atoms with Gasteiger partial charge in [0, 0.05) is 25.2 Å². The molecule has 3 rings (SSSR count). The van der Waals surface area contributed by atoms with E-state index >= 15 is 0 Å². The van der Waals surface area contributed by atoms with Gasteiger partial charge in [-0.1, -0.05) is 11.6 Å². The maximum absolute atomic E-state index is 13.6. The van der Waals surface area contributed by atoms with Crippen molar-refractivity contribution in [1.29, 1.82) is 0 Å². The van der Waals surface area contributed by atoms with Gasteiger partial charge in [0.05, 0.1) is 30.5 Å². The van der Waals surface area contributed by atoms with Crippen LogP contribution in [-0.2, 0) is 16.2 Å². The molecule has 0 amide bonds. The summed E-state index contributed by atoms with van der Waals surface area (Å²) in [6.07, 6.45) is -4.32. The summed E-state index contributed by atoms with van der Waals surface area (Å²) in [4.78, 5) is 1.07. The Morgan fingerprint density at radius 2 is 1.75 bits per heavy atom. The summed E-state index contributed by atoms with van der Waals surface area (Å²) in [5.74, 6) is -0.177. The molecule has 0 radical (unpaired) electrons. The Hall–Kier alpha value is -2.37. The van der Waals surface area contributed by atoms with Gasteiger partial charge >= 0.3 is 6.18 Å². The molecule has 1 aliphatic rings. The third-order valence-corrected chi connectivity index (χ3v) is 6.64. The Kier molecular flexibility index (Phi) is 7.01. The van der Waals surface area contributed by atoms with Crippen molar-refractivity contribution in [3.8, 4) is 17.2 Å². The molecule has 1 atom stereocenters. The zero-order valence-corrected chi connectivity index (χ0v) is 19.1. The maximum atomic E-state index is 13.6. The van der Waals surface area contributed by atoms with Gasteiger partial charge in [0.15, 0.2) is 11.5 Å². The number of hydrogen-bond acceptors (Lipinski definition) is 6. The van der Waals surface area contributed by atoms with Crippen molar-refractivity contribution in [2.75, 3.05) is 39.1 Å². The van der Waals surface area contributed by atoms with E-state index in [1.165, 1.54) is 25.3 Å². The van der Waals surface area contributed by atoms with E-state index < -0.39 is 26.7 Å². The Morgan fingerprint density at radius 3 is 2.31 bits per heavy atom. The van der Waals surface area contributed by atoms with Crippen molar-refractivity contribution in [2.24, 2.45) is 0 Å². The molecule has 1 saturated heterocycles. The number of ether oxygens (including phenoxy) is 3. The van der Waals surface area contributed by atoms with Crippen molar-refractivity contribution in [3.63, 3.8) is 0 Å². The van der Waals surface area contributed by atoms with Gasteiger partial charge in [-0.15, -0.1) is 0 Å². The number of likely N-dealkylation sites (N-methyl/N-ethyl adjacent to an activating group) is 1. The van der Waals surface area contributed by atoms with E-state index in [-0.39, 0.29) is 34.1 Å². The Balaban J connectivity index is 1.96. The molecule has 1 heterocycles. The quantitative estimate of drug-likeness (QED) is 0.620. The number of sulfonamides is 1. The predicted octanol–water partition coefficient (Wildman–Crippen LogP) is 4.26. The van der Waals surface area contributed by atoms with Gasteiger partial charge in [-0.3, -0.25) is 4.72 Å². The van der Waals surface area contributed by atoms with Crippen LogP contribution in [0.1, 0.15) is 12.0 Å². The van der Waals surface area contributed by atoms with Gasteiger partial charge in [0.2, 0.25) is 0 Å². The van der Waals surface area contributed by atoms with Crippen LogP contribution in [0.3, 0.4) is 0 Å². The molecule has 176 valence electrons. The van der Waals surface area contributed by atoms with Gasteiger partial charge in [-0.25, -0.2) is 8.42 Å². The van der Waals surface area contributed by atoms with E-state index in [0.29, 0.717) is 12.6 Å². The molecule has 2 aromatic carbocycles. The van der Waals surface area contributed by atoms with Crippen LogP contribution in [0.25, 0.3) is 0 Å². The Labute approximate surface area is 189 Å². The second-order valence-electron chi connectivity index (χ2n) is 7.24. The SMILES string of the molecule is COc1cc(C(F)(F)F)c(S(=O)(=O)Nc2ccc(Cl)c(OC3CCN(C)C3)c2)cc1OC. The number of likely N-dealkylation sites (tertiary alicyclic amines) is 1. The first-order chi connectivity index (χ1) is 14.9. The summed E-state index contributed by atoms with van der Waals surface area (Å²) in [5, 5.41) is 0.254. The predicted molar refractivity (Wildman–Crippen MR) is 113 cm³/mol. The van der Waals surface area contributed by atoms with Crippen LogP contribution in [0, 0.1) is 0 Å². The standard InChI is InChI=1S/C20H22ClF3N2O5S/c1-26-7-6-13(11-26)31-16-8-12(4-5-15(16)21)25-32(27,28)19-10-18(30-3)17(29-2)9-14(19)20(22,23)24/h4-5,8-10,13,25H,6-7,11H2,1-3H3. The molecule has 1 N–H and O–H groups in total. The minimum Gasteiger partial charge on any atom is -0.493 e. The molecule has 12 heteroatoms. The summed E-state index contributed by atoms with van der Waals surface area (Å²) < 4.78 is 84.6. The topological polar surface area (TPSA) is 77.1 Å². The van der Waals surface area contributed by atoms with E-state index in [2.05, 4.69) is 9.62 Å². The smallest absolute Gasteiger partial charge is 0.417 e. The molecule has 1 unspecified atom stereocenters. The van der Waals surface area contributed by atoms with Crippen LogP contribution in [0.5, 0.6) is 17.2 Å². The van der Waals surface area contributed by atoms with E-state index in [1.54, 1.807) is 0 Å². The van der Waals surface area contributed by atoms with Crippen molar-refractivity contribution in [1.82, 2.24) is 4.90 Å². The van der Waals surface area contributed by atoms with Gasteiger partial charge in [-0.05, 0) is 31.7 Å². The number of nitrogens with one attached hydrogen (secondary N) is 1. The molecule has 7 nitrogen and oxygen atoms in total.